The van der Waals surface area contributed by atoms with Gasteiger partial charge >= 0.3 is 0 Å². The summed E-state index contributed by atoms with van der Waals surface area (Å²) < 4.78 is 15.1. The second-order valence-corrected chi connectivity index (χ2v) is 4.71. The molecule has 0 aliphatic carbocycles. The standard InChI is InChI=1S/C10H13N2O4P/c11-5-4-7-6-12-8-2-1-3-9(10(7)8)16-17(13,14)15/h1-3,6,12H,4-5,11H2,(H2,13,14,15)/p-1. The van der Waals surface area contributed by atoms with E-state index in [1.54, 1.807) is 18.3 Å². The van der Waals surface area contributed by atoms with Crippen molar-refractivity contribution in [3.63, 3.8) is 0 Å². The van der Waals surface area contributed by atoms with E-state index in [1.165, 1.54) is 6.07 Å². The molecule has 1 aromatic heterocycles. The normalized spacial score (nSPS) is 11.9. The summed E-state index contributed by atoms with van der Waals surface area (Å²) in [6.45, 7) is 0.674. The minimum atomic E-state index is -5.04. The Morgan fingerprint density at radius 1 is 1.41 bits per heavy atom. The molecule has 0 aliphatic rings. The van der Waals surface area contributed by atoms with Gasteiger partial charge in [-0.1, -0.05) is 6.07 Å². The SMILES string of the molecule is [NH3+]CCc1c[nH]c2cccc(OP(=O)([O-])[O-])c12. The number of benzene rings is 1. The van der Waals surface area contributed by atoms with Crippen LogP contribution in [0.15, 0.2) is 24.4 Å². The first kappa shape index (κ1) is 12.1. The fourth-order valence-electron chi connectivity index (χ4n) is 1.80. The van der Waals surface area contributed by atoms with Crippen LogP contribution in [-0.4, -0.2) is 11.5 Å². The Morgan fingerprint density at radius 2 is 2.18 bits per heavy atom. The van der Waals surface area contributed by atoms with E-state index in [0.717, 1.165) is 11.1 Å². The predicted octanol–water partition coefficient (Wildman–Crippen LogP) is -0.840. The average molecular weight is 255 g/mol. The molecule has 0 spiro atoms. The van der Waals surface area contributed by atoms with Gasteiger partial charge in [0, 0.05) is 23.5 Å². The van der Waals surface area contributed by atoms with Gasteiger partial charge in [0.15, 0.2) is 0 Å². The molecule has 17 heavy (non-hydrogen) atoms. The van der Waals surface area contributed by atoms with E-state index in [0.29, 0.717) is 18.4 Å². The van der Waals surface area contributed by atoms with E-state index in [-0.39, 0.29) is 5.75 Å². The van der Waals surface area contributed by atoms with Crippen LogP contribution in [0, 0.1) is 0 Å². The Hall–Kier alpha value is -1.33. The average Bonchev–Trinajstić information content (AvgIpc) is 2.61. The zero-order valence-corrected chi connectivity index (χ0v) is 9.91. The monoisotopic (exact) mass is 255 g/mol. The van der Waals surface area contributed by atoms with E-state index in [9.17, 15) is 14.4 Å². The summed E-state index contributed by atoms with van der Waals surface area (Å²) in [5.41, 5.74) is 5.36. The maximum absolute atomic E-state index is 10.7. The van der Waals surface area contributed by atoms with E-state index in [2.05, 4.69) is 15.2 Å². The smallest absolute Gasteiger partial charge is 0.133 e. The first-order valence-corrected chi connectivity index (χ1v) is 6.57. The van der Waals surface area contributed by atoms with Crippen molar-refractivity contribution in [2.75, 3.05) is 6.54 Å². The van der Waals surface area contributed by atoms with Gasteiger partial charge in [0.1, 0.15) is 13.6 Å². The number of phosphoric acid groups is 1. The molecule has 1 aromatic carbocycles. The van der Waals surface area contributed by atoms with Crippen molar-refractivity contribution in [1.29, 1.82) is 0 Å². The second kappa shape index (κ2) is 4.50. The van der Waals surface area contributed by atoms with Crippen LogP contribution >= 0.6 is 7.82 Å². The molecular weight excluding hydrogens is 243 g/mol. The third kappa shape index (κ3) is 2.68. The first-order chi connectivity index (χ1) is 8.01. The minimum Gasteiger partial charge on any atom is -0.780 e. The summed E-state index contributed by atoms with van der Waals surface area (Å²) in [5.74, 6) is 0.0699. The van der Waals surface area contributed by atoms with Crippen molar-refractivity contribution >= 4 is 18.7 Å². The molecule has 0 saturated carbocycles. The van der Waals surface area contributed by atoms with Gasteiger partial charge in [-0.15, -0.1) is 0 Å². The summed E-state index contributed by atoms with van der Waals surface area (Å²) in [4.78, 5) is 24.3. The van der Waals surface area contributed by atoms with Crippen LogP contribution in [0.25, 0.3) is 10.9 Å². The number of H-pyrrole nitrogens is 1. The summed E-state index contributed by atoms with van der Waals surface area (Å²) in [6, 6.07) is 4.87. The Labute approximate surface area is 97.6 Å². The van der Waals surface area contributed by atoms with Crippen molar-refractivity contribution in [1.82, 2.24) is 4.98 Å². The van der Waals surface area contributed by atoms with Crippen LogP contribution in [0.1, 0.15) is 5.56 Å². The number of rotatable bonds is 4. The lowest BCUT2D eigenvalue weighted by Gasteiger charge is -2.29. The molecule has 0 fully saturated rings. The number of hydrogen-bond acceptors (Lipinski definition) is 4. The summed E-state index contributed by atoms with van der Waals surface area (Å²) in [6.07, 6.45) is 2.45. The molecule has 4 N–H and O–H groups in total. The van der Waals surface area contributed by atoms with E-state index >= 15 is 0 Å². The highest BCUT2D eigenvalue weighted by atomic mass is 31.2. The second-order valence-electron chi connectivity index (χ2n) is 3.63. The molecule has 0 bridgehead atoms. The van der Waals surface area contributed by atoms with Gasteiger partial charge in [-0.05, 0) is 17.7 Å². The maximum Gasteiger partial charge on any atom is 0.133 e. The van der Waals surface area contributed by atoms with Crippen molar-refractivity contribution in [2.24, 2.45) is 0 Å². The van der Waals surface area contributed by atoms with Crippen LogP contribution in [0.3, 0.4) is 0 Å². The lowest BCUT2D eigenvalue weighted by atomic mass is 10.1. The summed E-state index contributed by atoms with van der Waals surface area (Å²) in [7, 11) is -5.04. The van der Waals surface area contributed by atoms with Gasteiger partial charge in [-0.2, -0.15) is 0 Å². The van der Waals surface area contributed by atoms with Crippen LogP contribution in [0.4, 0.5) is 0 Å². The zero-order chi connectivity index (χ0) is 12.5. The van der Waals surface area contributed by atoms with Crippen LogP contribution < -0.4 is 20.0 Å². The number of quaternary nitrogens is 1. The Balaban J connectivity index is 2.54. The van der Waals surface area contributed by atoms with Gasteiger partial charge in [0.2, 0.25) is 0 Å². The molecule has 0 saturated heterocycles. The maximum atomic E-state index is 10.7. The molecule has 0 unspecified atom stereocenters. The van der Waals surface area contributed by atoms with Crippen molar-refractivity contribution < 1.29 is 24.6 Å². The van der Waals surface area contributed by atoms with Gasteiger partial charge in [-0.3, -0.25) is 0 Å². The molecule has 0 aliphatic heterocycles. The number of fused-ring (bicyclic) bond motifs is 1. The molecule has 0 radical (unpaired) electrons. The first-order valence-electron chi connectivity index (χ1n) is 5.11. The summed E-state index contributed by atoms with van der Waals surface area (Å²) in [5, 5.41) is 0.628. The third-order valence-corrected chi connectivity index (χ3v) is 2.83. The number of aromatic amines is 1. The van der Waals surface area contributed by atoms with E-state index < -0.39 is 7.82 Å². The lowest BCUT2D eigenvalue weighted by Crippen LogP contribution is -2.51. The molecule has 6 nitrogen and oxygen atoms in total. The fraction of sp³-hybridized carbons (Fsp3) is 0.200. The van der Waals surface area contributed by atoms with Crippen molar-refractivity contribution in [2.45, 2.75) is 6.42 Å². The fourth-order valence-corrected chi connectivity index (χ4v) is 2.20. The number of aromatic nitrogens is 1. The van der Waals surface area contributed by atoms with Gasteiger partial charge in [0.05, 0.1) is 6.54 Å². The number of phosphoric ester groups is 1. The molecule has 92 valence electrons. The largest absolute Gasteiger partial charge is 0.780 e. The topological polar surface area (TPSA) is 116 Å². The summed E-state index contributed by atoms with van der Waals surface area (Å²) >= 11 is 0. The zero-order valence-electron chi connectivity index (χ0n) is 9.01. The lowest BCUT2D eigenvalue weighted by molar-refractivity contribution is -0.366. The van der Waals surface area contributed by atoms with Gasteiger partial charge < -0.3 is 29.6 Å². The highest BCUT2D eigenvalue weighted by molar-refractivity contribution is 7.43. The minimum absolute atomic E-state index is 0.0699. The Bertz CT molecular complexity index is 575. The van der Waals surface area contributed by atoms with Crippen molar-refractivity contribution in [3.8, 4) is 5.75 Å². The molecule has 0 amide bonds. The van der Waals surface area contributed by atoms with Crippen LogP contribution in [0.2, 0.25) is 0 Å². The van der Waals surface area contributed by atoms with Gasteiger partial charge in [-0.25, -0.2) is 0 Å². The molecule has 2 rings (SSSR count). The van der Waals surface area contributed by atoms with Crippen molar-refractivity contribution in [3.05, 3.63) is 30.0 Å². The Morgan fingerprint density at radius 3 is 2.82 bits per heavy atom. The highest BCUT2D eigenvalue weighted by Crippen LogP contribution is 2.36. The van der Waals surface area contributed by atoms with Gasteiger partial charge in [0.25, 0.3) is 0 Å². The predicted molar refractivity (Wildman–Crippen MR) is 58.0 cm³/mol. The Kier molecular flexibility index (Phi) is 3.22. The number of nitrogens with one attached hydrogen (secondary N) is 1. The van der Waals surface area contributed by atoms with E-state index in [4.69, 9.17) is 0 Å². The van der Waals surface area contributed by atoms with E-state index in [1.807, 2.05) is 0 Å². The molecule has 7 heteroatoms. The van der Waals surface area contributed by atoms with Crippen LogP contribution in [-0.2, 0) is 11.0 Å². The van der Waals surface area contributed by atoms with Crippen LogP contribution in [0.5, 0.6) is 5.75 Å². The molecule has 0 atom stereocenters. The molecule has 1 heterocycles. The third-order valence-electron chi connectivity index (χ3n) is 2.41. The highest BCUT2D eigenvalue weighted by Gasteiger charge is 2.10. The molecule has 2 aromatic rings. The molecular formula is C10H12N2O4P-. The quantitative estimate of drug-likeness (QED) is 0.693. The number of hydrogen-bond donors (Lipinski definition) is 2.